The molecule has 0 N–H and O–H groups in total. The highest BCUT2D eigenvalue weighted by Crippen LogP contribution is 2.30. The number of carbonyl (C=O) groups is 1. The highest BCUT2D eigenvalue weighted by atomic mass is 79.9. The van der Waals surface area contributed by atoms with Crippen LogP contribution in [-0.2, 0) is 4.79 Å². The highest BCUT2D eigenvalue weighted by molar-refractivity contribution is 9.10. The fourth-order valence-corrected chi connectivity index (χ4v) is 3.69. The molecular formula is C16H23BrClN3O. The maximum atomic E-state index is 12.4. The van der Waals surface area contributed by atoms with Gasteiger partial charge in [-0.05, 0) is 34.8 Å². The Balaban J connectivity index is 2.00. The minimum Gasteiger partial charge on any atom is -0.356 e. The van der Waals surface area contributed by atoms with E-state index in [0.717, 1.165) is 36.2 Å². The molecule has 22 heavy (non-hydrogen) atoms. The molecule has 0 saturated carbocycles. The molecule has 0 atom stereocenters. The van der Waals surface area contributed by atoms with Gasteiger partial charge in [-0.15, -0.1) is 0 Å². The van der Waals surface area contributed by atoms with Crippen molar-refractivity contribution in [3.63, 3.8) is 0 Å². The second-order valence-electron chi connectivity index (χ2n) is 6.84. The van der Waals surface area contributed by atoms with Crippen LogP contribution in [0.15, 0.2) is 16.7 Å². The number of anilines is 1. The van der Waals surface area contributed by atoms with Gasteiger partial charge < -0.3 is 9.80 Å². The molecule has 1 amide bonds. The predicted molar refractivity (Wildman–Crippen MR) is 94.4 cm³/mol. The van der Waals surface area contributed by atoms with Gasteiger partial charge in [0, 0.05) is 37.8 Å². The van der Waals surface area contributed by atoms with Crippen LogP contribution in [0.2, 0.25) is 5.02 Å². The van der Waals surface area contributed by atoms with Crippen LogP contribution in [0.25, 0.3) is 0 Å². The van der Waals surface area contributed by atoms with Crippen molar-refractivity contribution in [2.45, 2.75) is 39.7 Å². The molecule has 0 aromatic carbocycles. The van der Waals surface area contributed by atoms with E-state index in [9.17, 15) is 4.79 Å². The Labute approximate surface area is 146 Å². The first kappa shape index (κ1) is 17.5. The summed E-state index contributed by atoms with van der Waals surface area (Å²) < 4.78 is 0.914. The summed E-state index contributed by atoms with van der Waals surface area (Å²) in [6, 6.07) is 2.17. The Morgan fingerprint density at radius 2 is 2.00 bits per heavy atom. The summed E-state index contributed by atoms with van der Waals surface area (Å²) in [6.07, 6.45) is 3.58. The largest absolute Gasteiger partial charge is 0.356 e. The monoisotopic (exact) mass is 387 g/mol. The van der Waals surface area contributed by atoms with Gasteiger partial charge in [0.2, 0.25) is 5.91 Å². The zero-order chi connectivity index (χ0) is 16.5. The fraction of sp³-hybridized carbons (Fsp3) is 0.625. The molecule has 1 aromatic rings. The lowest BCUT2D eigenvalue weighted by Crippen LogP contribution is -2.48. The molecular weight excluding hydrogens is 366 g/mol. The van der Waals surface area contributed by atoms with Gasteiger partial charge in [-0.2, -0.15) is 0 Å². The van der Waals surface area contributed by atoms with Crippen molar-refractivity contribution in [1.29, 1.82) is 0 Å². The van der Waals surface area contributed by atoms with Gasteiger partial charge in [-0.25, -0.2) is 4.98 Å². The van der Waals surface area contributed by atoms with E-state index < -0.39 is 0 Å². The molecule has 6 heteroatoms. The van der Waals surface area contributed by atoms with Crippen molar-refractivity contribution in [2.24, 2.45) is 5.41 Å². The van der Waals surface area contributed by atoms with Crippen molar-refractivity contribution in [3.8, 4) is 0 Å². The second kappa shape index (κ2) is 6.75. The number of pyridine rings is 1. The van der Waals surface area contributed by atoms with Crippen molar-refractivity contribution in [3.05, 3.63) is 21.8 Å². The number of piperidine rings is 1. The Kier molecular flexibility index (Phi) is 5.38. The average Bonchev–Trinajstić information content (AvgIpc) is 2.45. The van der Waals surface area contributed by atoms with Crippen LogP contribution in [0.5, 0.6) is 0 Å². The topological polar surface area (TPSA) is 36.4 Å². The Morgan fingerprint density at radius 1 is 1.41 bits per heavy atom. The number of nitrogens with zero attached hydrogens (tertiary/aromatic N) is 3. The first-order valence-electron chi connectivity index (χ1n) is 7.53. The van der Waals surface area contributed by atoms with Crippen molar-refractivity contribution in [2.75, 3.05) is 25.0 Å². The third-order valence-corrected chi connectivity index (χ3v) is 4.85. The summed E-state index contributed by atoms with van der Waals surface area (Å²) in [5, 5.41) is 0.626. The molecule has 1 aromatic heterocycles. The molecule has 2 rings (SSSR count). The maximum Gasteiger partial charge on any atom is 0.227 e. The lowest BCUT2D eigenvalue weighted by molar-refractivity contribution is -0.140. The Hall–Kier alpha value is -0.810. The molecule has 0 unspecified atom stereocenters. The molecule has 1 fully saturated rings. The summed E-state index contributed by atoms with van der Waals surface area (Å²) in [6.45, 7) is 7.68. The number of rotatable bonds is 2. The SMILES string of the molecule is CN(C(=O)C(C)(C)C)C1CCN(c2ncc(Cl)cc2Br)CC1. The zero-order valence-corrected chi connectivity index (χ0v) is 15.9. The van der Waals surface area contributed by atoms with Crippen LogP contribution in [0, 0.1) is 5.41 Å². The fourth-order valence-electron chi connectivity index (χ4n) is 2.80. The first-order valence-corrected chi connectivity index (χ1v) is 8.70. The molecule has 0 spiro atoms. The third kappa shape index (κ3) is 3.93. The Morgan fingerprint density at radius 3 is 2.50 bits per heavy atom. The second-order valence-corrected chi connectivity index (χ2v) is 8.13. The standard InChI is InChI=1S/C16H23BrClN3O/c1-16(2,3)15(22)20(4)12-5-7-21(8-6-12)14-13(17)9-11(18)10-19-14/h9-10,12H,5-8H2,1-4H3. The Bertz CT molecular complexity index is 551. The van der Waals surface area contributed by atoms with E-state index >= 15 is 0 Å². The molecule has 1 aliphatic heterocycles. The number of amides is 1. The van der Waals surface area contributed by atoms with E-state index in [2.05, 4.69) is 25.8 Å². The molecule has 1 aliphatic rings. The van der Waals surface area contributed by atoms with E-state index in [1.165, 1.54) is 0 Å². The van der Waals surface area contributed by atoms with E-state index in [4.69, 9.17) is 11.6 Å². The quantitative estimate of drug-likeness (QED) is 0.769. The molecule has 0 aliphatic carbocycles. The van der Waals surface area contributed by atoms with Gasteiger partial charge in [-0.1, -0.05) is 32.4 Å². The number of hydrogen-bond acceptors (Lipinski definition) is 3. The molecule has 4 nitrogen and oxygen atoms in total. The minimum atomic E-state index is -0.327. The van der Waals surface area contributed by atoms with Gasteiger partial charge in [0.25, 0.3) is 0 Å². The van der Waals surface area contributed by atoms with Gasteiger partial charge in [0.05, 0.1) is 9.50 Å². The molecule has 122 valence electrons. The lowest BCUT2D eigenvalue weighted by atomic mass is 9.92. The van der Waals surface area contributed by atoms with E-state index in [-0.39, 0.29) is 11.3 Å². The van der Waals surface area contributed by atoms with Crippen molar-refractivity contribution >= 4 is 39.3 Å². The van der Waals surface area contributed by atoms with Crippen LogP contribution in [0.4, 0.5) is 5.82 Å². The van der Waals surface area contributed by atoms with Gasteiger partial charge in [0.1, 0.15) is 5.82 Å². The molecule has 1 saturated heterocycles. The van der Waals surface area contributed by atoms with E-state index in [1.54, 1.807) is 6.20 Å². The summed E-state index contributed by atoms with van der Waals surface area (Å²) in [5.74, 6) is 1.13. The maximum absolute atomic E-state index is 12.4. The predicted octanol–water partition coefficient (Wildman–Crippen LogP) is 3.97. The summed E-state index contributed by atoms with van der Waals surface area (Å²) in [4.78, 5) is 21.0. The average molecular weight is 389 g/mol. The molecule has 2 heterocycles. The van der Waals surface area contributed by atoms with Crippen molar-refractivity contribution in [1.82, 2.24) is 9.88 Å². The summed E-state index contributed by atoms with van der Waals surface area (Å²) >= 11 is 9.47. The molecule has 0 bridgehead atoms. The lowest BCUT2D eigenvalue weighted by Gasteiger charge is -2.39. The van der Waals surface area contributed by atoms with Crippen molar-refractivity contribution < 1.29 is 4.79 Å². The van der Waals surface area contributed by atoms with Crippen LogP contribution < -0.4 is 4.90 Å². The van der Waals surface area contributed by atoms with E-state index in [1.807, 2.05) is 38.8 Å². The zero-order valence-electron chi connectivity index (χ0n) is 13.6. The minimum absolute atomic E-state index is 0.205. The number of hydrogen-bond donors (Lipinski definition) is 0. The summed E-state index contributed by atoms with van der Waals surface area (Å²) in [7, 11) is 1.92. The smallest absolute Gasteiger partial charge is 0.227 e. The van der Waals surface area contributed by atoms with Gasteiger partial charge in [0.15, 0.2) is 0 Å². The van der Waals surface area contributed by atoms with E-state index in [0.29, 0.717) is 11.1 Å². The third-order valence-electron chi connectivity index (χ3n) is 4.06. The van der Waals surface area contributed by atoms with Crippen LogP contribution >= 0.6 is 27.5 Å². The molecule has 0 radical (unpaired) electrons. The van der Waals surface area contributed by atoms with Crippen LogP contribution in [-0.4, -0.2) is 42.0 Å². The summed E-state index contributed by atoms with van der Waals surface area (Å²) in [5.41, 5.74) is -0.327. The van der Waals surface area contributed by atoms with Crippen LogP contribution in [0.3, 0.4) is 0 Å². The highest BCUT2D eigenvalue weighted by Gasteiger charge is 2.31. The van der Waals surface area contributed by atoms with Crippen LogP contribution in [0.1, 0.15) is 33.6 Å². The van der Waals surface area contributed by atoms with Gasteiger partial charge >= 0.3 is 0 Å². The number of carbonyl (C=O) groups excluding carboxylic acids is 1. The number of aromatic nitrogens is 1. The normalized spacial score (nSPS) is 16.7. The first-order chi connectivity index (χ1) is 10.2. The van der Waals surface area contributed by atoms with Gasteiger partial charge in [-0.3, -0.25) is 4.79 Å². The number of halogens is 2.